The minimum atomic E-state index is -1.06. The van der Waals surface area contributed by atoms with Gasteiger partial charge in [-0.15, -0.1) is 0 Å². The summed E-state index contributed by atoms with van der Waals surface area (Å²) < 4.78 is 0. The molecule has 19 heavy (non-hydrogen) atoms. The first-order valence-electron chi connectivity index (χ1n) is 5.69. The van der Waals surface area contributed by atoms with Crippen LogP contribution >= 0.6 is 0 Å². The number of carboxylic acids is 1. The van der Waals surface area contributed by atoms with Crippen LogP contribution in [0.1, 0.15) is 6.42 Å². The molecule has 1 aliphatic heterocycles. The highest BCUT2D eigenvalue weighted by atomic mass is 16.4. The molecular formula is C10H16N4O5. The molecule has 1 saturated heterocycles. The number of nitrogens with one attached hydrogen (secondary N) is 3. The normalized spacial score (nSPS) is 19.4. The average molecular weight is 272 g/mol. The number of imide groups is 1. The summed E-state index contributed by atoms with van der Waals surface area (Å²) in [6.07, 6.45) is -0.0650. The van der Waals surface area contributed by atoms with E-state index in [4.69, 9.17) is 5.11 Å². The molecule has 1 fully saturated rings. The minimum absolute atomic E-state index is 0.00519. The van der Waals surface area contributed by atoms with Crippen LogP contribution in [0.25, 0.3) is 0 Å². The maximum Gasteiger partial charge on any atom is 0.322 e. The number of nitrogens with zero attached hydrogens (tertiary/aromatic N) is 1. The lowest BCUT2D eigenvalue weighted by Gasteiger charge is -2.32. The largest absolute Gasteiger partial charge is 0.480 e. The van der Waals surface area contributed by atoms with Crippen molar-refractivity contribution in [3.8, 4) is 0 Å². The van der Waals surface area contributed by atoms with Crippen molar-refractivity contribution in [2.45, 2.75) is 12.5 Å². The number of aliphatic carboxylic acids is 1. The Kier molecular flexibility index (Phi) is 5.24. The molecule has 1 unspecified atom stereocenters. The topological polar surface area (TPSA) is 128 Å². The lowest BCUT2D eigenvalue weighted by molar-refractivity contribution is -0.146. The van der Waals surface area contributed by atoms with Crippen LogP contribution in [0, 0.1) is 0 Å². The van der Waals surface area contributed by atoms with E-state index < -0.39 is 23.9 Å². The number of hydrogen-bond acceptors (Lipinski definition) is 5. The van der Waals surface area contributed by atoms with Gasteiger partial charge in [-0.3, -0.25) is 24.6 Å². The number of carbonyl (C=O) groups is 4. The quantitative estimate of drug-likeness (QED) is 0.456. The Morgan fingerprint density at radius 3 is 2.74 bits per heavy atom. The van der Waals surface area contributed by atoms with Crippen LogP contribution in [-0.4, -0.2) is 66.5 Å². The summed E-state index contributed by atoms with van der Waals surface area (Å²) in [4.78, 5) is 45.8. The molecule has 0 aromatic carbocycles. The van der Waals surface area contributed by atoms with Gasteiger partial charge in [0, 0.05) is 26.6 Å². The highest BCUT2D eigenvalue weighted by Gasteiger charge is 2.31. The van der Waals surface area contributed by atoms with Crippen molar-refractivity contribution in [3.05, 3.63) is 0 Å². The number of piperazine rings is 1. The van der Waals surface area contributed by atoms with Gasteiger partial charge < -0.3 is 15.7 Å². The van der Waals surface area contributed by atoms with Gasteiger partial charge in [0.05, 0.1) is 6.54 Å². The summed E-state index contributed by atoms with van der Waals surface area (Å²) >= 11 is 0. The molecule has 1 atom stereocenters. The summed E-state index contributed by atoms with van der Waals surface area (Å²) in [7, 11) is 1.37. The first-order chi connectivity index (χ1) is 8.93. The van der Waals surface area contributed by atoms with E-state index in [1.54, 1.807) is 0 Å². The molecule has 0 spiro atoms. The zero-order valence-corrected chi connectivity index (χ0v) is 10.4. The average Bonchev–Trinajstić information content (AvgIpc) is 2.35. The van der Waals surface area contributed by atoms with Crippen molar-refractivity contribution in [1.82, 2.24) is 20.9 Å². The van der Waals surface area contributed by atoms with Crippen LogP contribution in [0.2, 0.25) is 0 Å². The van der Waals surface area contributed by atoms with Gasteiger partial charge >= 0.3 is 12.0 Å². The number of carboxylic acid groups (broad SMARTS) is 1. The highest BCUT2D eigenvalue weighted by Crippen LogP contribution is 2.05. The summed E-state index contributed by atoms with van der Waals surface area (Å²) in [6, 6.07) is -1.48. The van der Waals surface area contributed by atoms with E-state index in [-0.39, 0.29) is 32.0 Å². The van der Waals surface area contributed by atoms with Gasteiger partial charge in [-0.1, -0.05) is 0 Å². The second-order valence-electron chi connectivity index (χ2n) is 4.01. The van der Waals surface area contributed by atoms with Crippen LogP contribution in [0.5, 0.6) is 0 Å². The SMILES string of the molecule is CNC(=O)NC(=O)CCN1CC(=O)NCC1C(=O)O. The van der Waals surface area contributed by atoms with Gasteiger partial charge in [-0.05, 0) is 0 Å². The van der Waals surface area contributed by atoms with E-state index >= 15 is 0 Å². The number of urea groups is 1. The van der Waals surface area contributed by atoms with E-state index in [9.17, 15) is 19.2 Å². The van der Waals surface area contributed by atoms with E-state index in [2.05, 4.69) is 16.0 Å². The van der Waals surface area contributed by atoms with Crippen molar-refractivity contribution in [2.75, 3.05) is 26.7 Å². The Morgan fingerprint density at radius 2 is 2.16 bits per heavy atom. The highest BCUT2D eigenvalue weighted by molar-refractivity contribution is 5.94. The van der Waals surface area contributed by atoms with E-state index in [1.807, 2.05) is 0 Å². The van der Waals surface area contributed by atoms with Gasteiger partial charge in [0.25, 0.3) is 0 Å². The Bertz CT molecular complexity index is 397. The molecule has 9 heteroatoms. The molecule has 4 N–H and O–H groups in total. The van der Waals surface area contributed by atoms with Gasteiger partial charge in [0.1, 0.15) is 6.04 Å². The second-order valence-corrected chi connectivity index (χ2v) is 4.01. The summed E-state index contributed by atoms with van der Waals surface area (Å²) in [5.41, 5.74) is 0. The molecule has 0 bridgehead atoms. The van der Waals surface area contributed by atoms with Gasteiger partial charge in [-0.25, -0.2) is 4.79 Å². The molecule has 9 nitrogen and oxygen atoms in total. The number of carbonyl (C=O) groups excluding carboxylic acids is 3. The van der Waals surface area contributed by atoms with E-state index in [0.717, 1.165) is 0 Å². The summed E-state index contributed by atoms with van der Waals surface area (Å²) in [6.45, 7) is 0.0165. The molecule has 0 aliphatic carbocycles. The maximum absolute atomic E-state index is 11.4. The lowest BCUT2D eigenvalue weighted by atomic mass is 10.1. The van der Waals surface area contributed by atoms with Crippen LogP contribution in [0.3, 0.4) is 0 Å². The van der Waals surface area contributed by atoms with Crippen molar-refractivity contribution in [1.29, 1.82) is 0 Å². The lowest BCUT2D eigenvalue weighted by Crippen LogP contribution is -2.58. The first kappa shape index (κ1) is 14.9. The van der Waals surface area contributed by atoms with E-state index in [1.165, 1.54) is 11.9 Å². The third-order valence-corrected chi connectivity index (χ3v) is 2.67. The molecule has 0 radical (unpaired) electrons. The van der Waals surface area contributed by atoms with Crippen LogP contribution in [-0.2, 0) is 14.4 Å². The number of hydrogen-bond donors (Lipinski definition) is 4. The van der Waals surface area contributed by atoms with Crippen LogP contribution in [0.15, 0.2) is 0 Å². The standard InChI is InChI=1S/C10H16N4O5/c1-11-10(19)13-7(15)2-3-14-5-8(16)12-4-6(14)9(17)18/h6H,2-5H2,1H3,(H,12,16)(H,17,18)(H2,11,13,15,19). The molecular weight excluding hydrogens is 256 g/mol. The fourth-order valence-corrected chi connectivity index (χ4v) is 1.67. The molecule has 106 valence electrons. The molecule has 0 aromatic rings. The molecule has 1 aliphatic rings. The Hall–Kier alpha value is -2.16. The molecule has 0 aromatic heterocycles. The predicted molar refractivity (Wildman–Crippen MR) is 63.2 cm³/mol. The van der Waals surface area contributed by atoms with Gasteiger partial charge in [-0.2, -0.15) is 0 Å². The fourth-order valence-electron chi connectivity index (χ4n) is 1.67. The Labute approximate surface area is 109 Å². The zero-order valence-electron chi connectivity index (χ0n) is 10.4. The third-order valence-electron chi connectivity index (χ3n) is 2.67. The zero-order chi connectivity index (χ0) is 14.4. The number of amides is 4. The molecule has 0 saturated carbocycles. The van der Waals surface area contributed by atoms with Crippen molar-refractivity contribution >= 4 is 23.8 Å². The van der Waals surface area contributed by atoms with Crippen molar-refractivity contribution in [3.63, 3.8) is 0 Å². The molecule has 1 heterocycles. The molecule has 4 amide bonds. The Balaban J connectivity index is 2.48. The predicted octanol–water partition coefficient (Wildman–Crippen LogP) is -2.28. The second kappa shape index (κ2) is 6.69. The van der Waals surface area contributed by atoms with Gasteiger partial charge in [0.15, 0.2) is 0 Å². The van der Waals surface area contributed by atoms with Crippen LogP contribution in [0.4, 0.5) is 4.79 Å². The summed E-state index contributed by atoms with van der Waals surface area (Å²) in [5, 5.41) is 15.7. The minimum Gasteiger partial charge on any atom is -0.480 e. The van der Waals surface area contributed by atoms with Gasteiger partial charge in [0.2, 0.25) is 11.8 Å². The van der Waals surface area contributed by atoms with E-state index in [0.29, 0.717) is 0 Å². The molecule has 1 rings (SSSR count). The maximum atomic E-state index is 11.4. The first-order valence-corrected chi connectivity index (χ1v) is 5.69. The third kappa shape index (κ3) is 4.54. The van der Waals surface area contributed by atoms with Crippen molar-refractivity contribution < 1.29 is 24.3 Å². The van der Waals surface area contributed by atoms with Crippen LogP contribution < -0.4 is 16.0 Å². The fraction of sp³-hybridized carbons (Fsp3) is 0.600. The Morgan fingerprint density at radius 1 is 1.47 bits per heavy atom. The smallest absolute Gasteiger partial charge is 0.322 e. The monoisotopic (exact) mass is 272 g/mol. The van der Waals surface area contributed by atoms with Crippen molar-refractivity contribution in [2.24, 2.45) is 0 Å². The summed E-state index contributed by atoms with van der Waals surface area (Å²) in [5.74, 6) is -1.88. The number of rotatable bonds is 4.